The van der Waals surface area contributed by atoms with Crippen molar-refractivity contribution in [3.63, 3.8) is 0 Å². The van der Waals surface area contributed by atoms with E-state index in [1.807, 2.05) is 0 Å². The molecule has 29 heavy (non-hydrogen) atoms. The normalized spacial score (nSPS) is 17.6. The smallest absolute Gasteiger partial charge is 0.251 e. The van der Waals surface area contributed by atoms with Crippen molar-refractivity contribution in [2.24, 2.45) is 11.7 Å². The van der Waals surface area contributed by atoms with E-state index in [0.29, 0.717) is 26.1 Å². The first-order valence-corrected chi connectivity index (χ1v) is 10.9. The van der Waals surface area contributed by atoms with Crippen LogP contribution in [0.5, 0.6) is 0 Å². The second kappa shape index (κ2) is 10.5. The highest BCUT2D eigenvalue weighted by Gasteiger charge is 2.23. The zero-order valence-electron chi connectivity index (χ0n) is 16.2. The van der Waals surface area contributed by atoms with Crippen LogP contribution in [0.15, 0.2) is 35.7 Å². The summed E-state index contributed by atoms with van der Waals surface area (Å²) >= 11 is 0. The van der Waals surface area contributed by atoms with Crippen molar-refractivity contribution in [2.45, 2.75) is 24.2 Å². The first-order valence-electron chi connectivity index (χ1n) is 9.44. The second-order valence-corrected chi connectivity index (χ2v) is 8.67. The number of amides is 2. The molecule has 1 fully saturated rings. The van der Waals surface area contributed by atoms with E-state index in [-0.39, 0.29) is 23.9 Å². The molecule has 1 saturated heterocycles. The third-order valence-electron chi connectivity index (χ3n) is 4.75. The maximum atomic E-state index is 13.9. The number of hydrogen-bond donors (Lipinski definition) is 3. The molecule has 0 spiro atoms. The number of nitrogens with two attached hydrogens (primary N) is 1. The van der Waals surface area contributed by atoms with Crippen molar-refractivity contribution in [3.05, 3.63) is 42.2 Å². The number of halogens is 1. The van der Waals surface area contributed by atoms with Gasteiger partial charge in [0.25, 0.3) is 5.91 Å². The van der Waals surface area contributed by atoms with E-state index in [9.17, 15) is 22.4 Å². The van der Waals surface area contributed by atoms with Gasteiger partial charge in [0.15, 0.2) is 0 Å². The number of carbonyl (C=O) groups excluding carboxylic acids is 2. The van der Waals surface area contributed by atoms with Crippen LogP contribution in [0, 0.1) is 11.7 Å². The van der Waals surface area contributed by atoms with Gasteiger partial charge in [-0.25, -0.2) is 17.5 Å². The summed E-state index contributed by atoms with van der Waals surface area (Å²) in [6.45, 7) is 5.93. The van der Waals surface area contributed by atoms with Crippen LogP contribution < -0.4 is 15.8 Å². The molecule has 4 N–H and O–H groups in total. The van der Waals surface area contributed by atoms with Crippen molar-refractivity contribution in [3.8, 4) is 0 Å². The molecule has 0 aromatic heterocycles. The lowest BCUT2D eigenvalue weighted by Crippen LogP contribution is -2.42. The number of sulfonamides is 1. The third kappa shape index (κ3) is 6.62. The number of carbonyl (C=O) groups is 2. The van der Waals surface area contributed by atoms with Crippen LogP contribution in [-0.4, -0.2) is 57.9 Å². The molecule has 160 valence electrons. The predicted octanol–water partition coefficient (Wildman–Crippen LogP) is 0.607. The molecule has 1 aromatic rings. The minimum atomic E-state index is -4.08. The fourth-order valence-corrected chi connectivity index (χ4v) is 4.29. The Morgan fingerprint density at radius 3 is 2.83 bits per heavy atom. The van der Waals surface area contributed by atoms with E-state index in [2.05, 4.69) is 21.5 Å². The molecule has 0 saturated carbocycles. The average molecular weight is 427 g/mol. The number of primary amides is 1. The Morgan fingerprint density at radius 1 is 1.38 bits per heavy atom. The van der Waals surface area contributed by atoms with Crippen molar-refractivity contribution >= 4 is 21.8 Å². The van der Waals surface area contributed by atoms with Gasteiger partial charge < -0.3 is 16.0 Å². The SMILES string of the molecule is C=CCNS(=O)(=O)c1cc(C(=O)NCCCN2CCCC(C(N)=O)C2)ccc1F. The van der Waals surface area contributed by atoms with Gasteiger partial charge in [0.1, 0.15) is 10.7 Å². The van der Waals surface area contributed by atoms with Crippen LogP contribution in [0.2, 0.25) is 0 Å². The van der Waals surface area contributed by atoms with Crippen LogP contribution in [0.4, 0.5) is 4.39 Å². The van der Waals surface area contributed by atoms with E-state index >= 15 is 0 Å². The van der Waals surface area contributed by atoms with Crippen LogP contribution in [0.1, 0.15) is 29.6 Å². The van der Waals surface area contributed by atoms with Crippen molar-refractivity contribution in [1.29, 1.82) is 0 Å². The molecule has 1 aromatic carbocycles. The quantitative estimate of drug-likeness (QED) is 0.374. The molecular formula is C19H27FN4O4S. The Morgan fingerprint density at radius 2 is 2.14 bits per heavy atom. The minimum Gasteiger partial charge on any atom is -0.369 e. The van der Waals surface area contributed by atoms with Crippen LogP contribution in [-0.2, 0) is 14.8 Å². The zero-order valence-corrected chi connectivity index (χ0v) is 17.0. The number of rotatable bonds is 10. The van der Waals surface area contributed by atoms with E-state index in [1.165, 1.54) is 12.1 Å². The average Bonchev–Trinajstić information content (AvgIpc) is 2.70. The molecule has 8 nitrogen and oxygen atoms in total. The van der Waals surface area contributed by atoms with Crippen molar-refractivity contribution < 1.29 is 22.4 Å². The van der Waals surface area contributed by atoms with Gasteiger partial charge in [0, 0.05) is 25.2 Å². The van der Waals surface area contributed by atoms with E-state index in [0.717, 1.165) is 31.5 Å². The number of hydrogen-bond acceptors (Lipinski definition) is 5. The topological polar surface area (TPSA) is 122 Å². The Hall–Kier alpha value is -2.30. The van der Waals surface area contributed by atoms with Crippen LogP contribution in [0.25, 0.3) is 0 Å². The molecule has 1 aliphatic heterocycles. The molecule has 1 unspecified atom stereocenters. The Bertz CT molecular complexity index is 860. The molecule has 0 aliphatic carbocycles. The van der Waals surface area contributed by atoms with Gasteiger partial charge in [-0.1, -0.05) is 6.08 Å². The number of nitrogens with one attached hydrogen (secondary N) is 2. The third-order valence-corrected chi connectivity index (χ3v) is 6.18. The molecule has 2 rings (SSSR count). The monoisotopic (exact) mass is 426 g/mol. The summed E-state index contributed by atoms with van der Waals surface area (Å²) in [5.41, 5.74) is 5.42. The van der Waals surface area contributed by atoms with Gasteiger partial charge in [-0.3, -0.25) is 9.59 Å². The van der Waals surface area contributed by atoms with Gasteiger partial charge in [0.05, 0.1) is 5.92 Å². The molecule has 2 amide bonds. The molecule has 1 heterocycles. The van der Waals surface area contributed by atoms with Gasteiger partial charge in [0.2, 0.25) is 15.9 Å². The second-order valence-electron chi connectivity index (χ2n) is 6.94. The fraction of sp³-hybridized carbons (Fsp3) is 0.474. The number of likely N-dealkylation sites (tertiary alicyclic amines) is 1. The first-order chi connectivity index (χ1) is 13.7. The van der Waals surface area contributed by atoms with E-state index in [4.69, 9.17) is 5.73 Å². The van der Waals surface area contributed by atoms with Gasteiger partial charge >= 0.3 is 0 Å². The Labute approximate surface area is 170 Å². The Balaban J connectivity index is 1.88. The molecule has 10 heteroatoms. The highest BCUT2D eigenvalue weighted by atomic mass is 32.2. The summed E-state index contributed by atoms with van der Waals surface area (Å²) in [5.74, 6) is -1.84. The molecular weight excluding hydrogens is 399 g/mol. The van der Waals surface area contributed by atoms with Crippen LogP contribution >= 0.6 is 0 Å². The number of piperidine rings is 1. The predicted molar refractivity (Wildman–Crippen MR) is 107 cm³/mol. The summed E-state index contributed by atoms with van der Waals surface area (Å²) < 4.78 is 40.4. The molecule has 1 aliphatic rings. The summed E-state index contributed by atoms with van der Waals surface area (Å²) in [4.78, 5) is 25.2. The maximum absolute atomic E-state index is 13.9. The lowest BCUT2D eigenvalue weighted by atomic mass is 9.97. The van der Waals surface area contributed by atoms with Gasteiger partial charge in [-0.2, -0.15) is 0 Å². The largest absolute Gasteiger partial charge is 0.369 e. The highest BCUT2D eigenvalue weighted by molar-refractivity contribution is 7.89. The van der Waals surface area contributed by atoms with Gasteiger partial charge in [-0.05, 0) is 50.6 Å². The first kappa shape index (κ1) is 23.0. The van der Waals surface area contributed by atoms with E-state index in [1.54, 1.807) is 0 Å². The fourth-order valence-electron chi connectivity index (χ4n) is 3.19. The summed E-state index contributed by atoms with van der Waals surface area (Å²) in [5, 5.41) is 2.70. The molecule has 0 radical (unpaired) electrons. The zero-order chi connectivity index (χ0) is 21.4. The van der Waals surface area contributed by atoms with Gasteiger partial charge in [-0.15, -0.1) is 6.58 Å². The maximum Gasteiger partial charge on any atom is 0.251 e. The van der Waals surface area contributed by atoms with E-state index < -0.39 is 26.6 Å². The van der Waals surface area contributed by atoms with Crippen molar-refractivity contribution in [2.75, 3.05) is 32.7 Å². The van der Waals surface area contributed by atoms with Crippen molar-refractivity contribution in [1.82, 2.24) is 14.9 Å². The summed E-state index contributed by atoms with van der Waals surface area (Å²) in [7, 11) is -4.08. The lowest BCUT2D eigenvalue weighted by Gasteiger charge is -2.31. The highest BCUT2D eigenvalue weighted by Crippen LogP contribution is 2.17. The lowest BCUT2D eigenvalue weighted by molar-refractivity contribution is -0.123. The summed E-state index contributed by atoms with van der Waals surface area (Å²) in [6, 6.07) is 3.20. The molecule has 1 atom stereocenters. The summed E-state index contributed by atoms with van der Waals surface area (Å²) in [6.07, 6.45) is 3.71. The number of nitrogens with zero attached hydrogens (tertiary/aromatic N) is 1. The number of benzene rings is 1. The van der Waals surface area contributed by atoms with Crippen LogP contribution in [0.3, 0.4) is 0 Å². The minimum absolute atomic E-state index is 0.0503. The molecule has 0 bridgehead atoms. The Kier molecular flexibility index (Phi) is 8.30. The standard InChI is InChI=1S/C19H27FN4O4S/c1-2-8-23-29(27,28)17-12-14(6-7-16(17)20)19(26)22-9-4-11-24-10-3-5-15(13-24)18(21)25/h2,6-7,12,15,23H,1,3-5,8-11,13H2,(H2,21,25)(H,22,26).